The molecule has 2 aliphatic heterocycles. The molecular weight excluding hydrogens is 276 g/mol. The van der Waals surface area contributed by atoms with Gasteiger partial charge >= 0.3 is 0 Å². The number of carbonyl (C=O) groups excluding carboxylic acids is 1. The first-order chi connectivity index (χ1) is 9.20. The fourth-order valence-electron chi connectivity index (χ4n) is 3.28. The second-order valence-corrected chi connectivity index (χ2v) is 6.10. The van der Waals surface area contributed by atoms with E-state index in [-0.39, 0.29) is 12.4 Å². The molecule has 0 aromatic heterocycles. The van der Waals surface area contributed by atoms with Crippen molar-refractivity contribution in [3.8, 4) is 0 Å². The van der Waals surface area contributed by atoms with Gasteiger partial charge in [-0.2, -0.15) is 0 Å². The molecule has 2 atom stereocenters. The first kappa shape index (κ1) is 17.7. The molecule has 0 aromatic rings. The van der Waals surface area contributed by atoms with Crippen LogP contribution in [0.1, 0.15) is 39.0 Å². The largest absolute Gasteiger partial charge is 0.381 e. The molecule has 2 unspecified atom stereocenters. The van der Waals surface area contributed by atoms with Crippen molar-refractivity contribution >= 4 is 18.3 Å². The maximum atomic E-state index is 12.3. The topological polar surface area (TPSA) is 41.6 Å². The lowest BCUT2D eigenvalue weighted by Gasteiger charge is -2.33. The Bertz CT molecular complexity index is 288. The fraction of sp³-hybridized carbons (Fsp3) is 0.933. The molecule has 2 fully saturated rings. The smallest absolute Gasteiger partial charge is 0.222 e. The van der Waals surface area contributed by atoms with Crippen LogP contribution in [-0.4, -0.2) is 50.2 Å². The monoisotopic (exact) mass is 304 g/mol. The average Bonchev–Trinajstić information content (AvgIpc) is 2.48. The van der Waals surface area contributed by atoms with Crippen molar-refractivity contribution in [2.24, 2.45) is 11.8 Å². The molecule has 20 heavy (non-hydrogen) atoms. The summed E-state index contributed by atoms with van der Waals surface area (Å²) in [6.45, 7) is 6.19. The van der Waals surface area contributed by atoms with Crippen LogP contribution in [0.5, 0.6) is 0 Å². The van der Waals surface area contributed by atoms with Crippen LogP contribution in [0.3, 0.4) is 0 Å². The number of ether oxygens (including phenoxy) is 1. The molecule has 4 nitrogen and oxygen atoms in total. The highest BCUT2D eigenvalue weighted by molar-refractivity contribution is 5.85. The van der Waals surface area contributed by atoms with Crippen LogP contribution in [0.2, 0.25) is 0 Å². The highest BCUT2D eigenvalue weighted by atomic mass is 35.5. The molecule has 5 heteroatoms. The van der Waals surface area contributed by atoms with Gasteiger partial charge in [0.25, 0.3) is 0 Å². The minimum Gasteiger partial charge on any atom is -0.381 e. The van der Waals surface area contributed by atoms with Gasteiger partial charge in [0, 0.05) is 26.6 Å². The van der Waals surface area contributed by atoms with Crippen LogP contribution in [-0.2, 0) is 9.53 Å². The predicted molar refractivity (Wildman–Crippen MR) is 83.2 cm³/mol. The Hall–Kier alpha value is -0.320. The molecule has 2 saturated heterocycles. The van der Waals surface area contributed by atoms with E-state index >= 15 is 0 Å². The maximum Gasteiger partial charge on any atom is 0.222 e. The Morgan fingerprint density at radius 2 is 2.05 bits per heavy atom. The number of rotatable bonds is 4. The summed E-state index contributed by atoms with van der Waals surface area (Å²) in [6, 6.07) is 0. The van der Waals surface area contributed by atoms with Crippen molar-refractivity contribution in [2.45, 2.75) is 45.1 Å². The van der Waals surface area contributed by atoms with Gasteiger partial charge in [0.2, 0.25) is 5.91 Å². The molecule has 118 valence electrons. The van der Waals surface area contributed by atoms with E-state index in [9.17, 15) is 4.79 Å². The van der Waals surface area contributed by atoms with Gasteiger partial charge in [0.15, 0.2) is 0 Å². The van der Waals surface area contributed by atoms with Gasteiger partial charge in [-0.3, -0.25) is 4.79 Å². The summed E-state index contributed by atoms with van der Waals surface area (Å²) in [5, 5.41) is 3.44. The average molecular weight is 305 g/mol. The quantitative estimate of drug-likeness (QED) is 0.864. The molecule has 1 N–H and O–H groups in total. The Morgan fingerprint density at radius 1 is 1.35 bits per heavy atom. The van der Waals surface area contributed by atoms with Gasteiger partial charge in [0.1, 0.15) is 0 Å². The van der Waals surface area contributed by atoms with Crippen molar-refractivity contribution in [1.82, 2.24) is 10.2 Å². The molecule has 2 aliphatic rings. The van der Waals surface area contributed by atoms with E-state index < -0.39 is 0 Å². The number of hydrogen-bond acceptors (Lipinski definition) is 3. The number of amides is 1. The van der Waals surface area contributed by atoms with Crippen LogP contribution in [0, 0.1) is 11.8 Å². The van der Waals surface area contributed by atoms with Gasteiger partial charge in [-0.15, -0.1) is 12.4 Å². The van der Waals surface area contributed by atoms with Gasteiger partial charge in [-0.1, -0.05) is 6.92 Å². The predicted octanol–water partition coefficient (Wildman–Crippen LogP) is 2.07. The molecule has 0 aliphatic carbocycles. The van der Waals surface area contributed by atoms with Crippen LogP contribution < -0.4 is 5.32 Å². The number of carbonyl (C=O) groups is 1. The summed E-state index contributed by atoms with van der Waals surface area (Å²) < 4.78 is 5.35. The van der Waals surface area contributed by atoms with Crippen LogP contribution >= 0.6 is 12.4 Å². The minimum absolute atomic E-state index is 0. The summed E-state index contributed by atoms with van der Waals surface area (Å²) in [7, 11) is 1.76. The summed E-state index contributed by atoms with van der Waals surface area (Å²) in [5.41, 5.74) is 0. The molecule has 1 amide bonds. The van der Waals surface area contributed by atoms with E-state index in [1.54, 1.807) is 7.11 Å². The van der Waals surface area contributed by atoms with Crippen LogP contribution in [0.4, 0.5) is 0 Å². The number of piperidine rings is 2. The summed E-state index contributed by atoms with van der Waals surface area (Å²) in [5.74, 6) is 1.52. The van der Waals surface area contributed by atoms with Crippen molar-refractivity contribution in [3.63, 3.8) is 0 Å². The molecular formula is C15H29ClN2O2. The Morgan fingerprint density at radius 3 is 2.60 bits per heavy atom. The van der Waals surface area contributed by atoms with Crippen molar-refractivity contribution in [3.05, 3.63) is 0 Å². The van der Waals surface area contributed by atoms with Gasteiger partial charge in [-0.25, -0.2) is 0 Å². The zero-order chi connectivity index (χ0) is 13.7. The van der Waals surface area contributed by atoms with Crippen LogP contribution in [0.15, 0.2) is 0 Å². The summed E-state index contributed by atoms with van der Waals surface area (Å²) >= 11 is 0. The first-order valence-electron chi connectivity index (χ1n) is 7.72. The van der Waals surface area contributed by atoms with Crippen molar-refractivity contribution in [2.75, 3.05) is 33.3 Å². The second-order valence-electron chi connectivity index (χ2n) is 6.10. The van der Waals surface area contributed by atoms with E-state index in [2.05, 4.69) is 12.2 Å². The Labute approximate surface area is 129 Å². The van der Waals surface area contributed by atoms with E-state index in [0.29, 0.717) is 30.3 Å². The summed E-state index contributed by atoms with van der Waals surface area (Å²) in [4.78, 5) is 14.3. The van der Waals surface area contributed by atoms with Gasteiger partial charge in [0.05, 0.1) is 6.10 Å². The number of nitrogens with one attached hydrogen (secondary N) is 1. The molecule has 0 saturated carbocycles. The third kappa shape index (κ3) is 4.90. The van der Waals surface area contributed by atoms with E-state index in [4.69, 9.17) is 4.74 Å². The lowest BCUT2D eigenvalue weighted by atomic mass is 9.85. The molecule has 2 rings (SSSR count). The molecule has 0 aromatic carbocycles. The Kier molecular flexibility index (Phi) is 7.85. The summed E-state index contributed by atoms with van der Waals surface area (Å²) in [6.07, 6.45) is 5.56. The molecule has 0 bridgehead atoms. The number of hydrogen-bond donors (Lipinski definition) is 1. The van der Waals surface area contributed by atoms with Crippen molar-refractivity contribution in [1.29, 1.82) is 0 Å². The zero-order valence-electron chi connectivity index (χ0n) is 12.8. The van der Waals surface area contributed by atoms with Crippen molar-refractivity contribution < 1.29 is 9.53 Å². The highest BCUT2D eigenvalue weighted by Crippen LogP contribution is 2.24. The molecule has 0 radical (unpaired) electrons. The SMILES string of the molecule is COC1CCN(C(=O)CC(C)C2CCCNC2)CC1.Cl. The Balaban J connectivity index is 0.00000200. The van der Waals surface area contributed by atoms with E-state index in [1.165, 1.54) is 12.8 Å². The number of nitrogens with zero attached hydrogens (tertiary/aromatic N) is 1. The number of likely N-dealkylation sites (tertiary alicyclic amines) is 1. The van der Waals surface area contributed by atoms with Crippen LogP contribution in [0.25, 0.3) is 0 Å². The van der Waals surface area contributed by atoms with E-state index in [0.717, 1.165) is 39.0 Å². The number of methoxy groups -OCH3 is 1. The highest BCUT2D eigenvalue weighted by Gasteiger charge is 2.26. The minimum atomic E-state index is 0. The van der Waals surface area contributed by atoms with E-state index in [1.807, 2.05) is 4.90 Å². The second kappa shape index (κ2) is 8.85. The third-order valence-corrected chi connectivity index (χ3v) is 4.76. The number of halogens is 1. The first-order valence-corrected chi connectivity index (χ1v) is 7.72. The lowest BCUT2D eigenvalue weighted by molar-refractivity contribution is -0.134. The fourth-order valence-corrected chi connectivity index (χ4v) is 3.28. The van der Waals surface area contributed by atoms with Gasteiger partial charge in [-0.05, 0) is 50.6 Å². The standard InChI is InChI=1S/C15H28N2O2.ClH/c1-12(13-4-3-7-16-11-13)10-15(18)17-8-5-14(19-2)6-9-17;/h12-14,16H,3-11H2,1-2H3;1H. The third-order valence-electron chi connectivity index (χ3n) is 4.76. The molecule has 0 spiro atoms. The van der Waals surface area contributed by atoms with Gasteiger partial charge < -0.3 is 15.0 Å². The lowest BCUT2D eigenvalue weighted by Crippen LogP contribution is -2.42. The molecule has 2 heterocycles. The normalized spacial score (nSPS) is 25.9. The zero-order valence-corrected chi connectivity index (χ0v) is 13.6. The maximum absolute atomic E-state index is 12.3.